The van der Waals surface area contributed by atoms with Gasteiger partial charge in [0.05, 0.1) is 17.7 Å². The molecular weight excluding hydrogens is 244 g/mol. The molecule has 0 saturated carbocycles. The summed E-state index contributed by atoms with van der Waals surface area (Å²) in [7, 11) is 1.24. The molecule has 1 heterocycles. The molecule has 0 aliphatic carbocycles. The minimum absolute atomic E-state index is 0.194. The molecule has 0 spiro atoms. The first kappa shape index (κ1) is 11.6. The maximum Gasteiger partial charge on any atom is 0.396 e. The summed E-state index contributed by atoms with van der Waals surface area (Å²) in [5.74, 6) is -0.674. The summed E-state index contributed by atoms with van der Waals surface area (Å²) in [6.45, 7) is 1.86. The summed E-state index contributed by atoms with van der Waals surface area (Å²) in [5, 5.41) is 7.86. The first-order chi connectivity index (χ1) is 8.13. The minimum Gasteiger partial charge on any atom is -0.462 e. The molecule has 5 nitrogen and oxygen atoms in total. The highest BCUT2D eigenvalue weighted by Gasteiger charge is 2.17. The lowest BCUT2D eigenvalue weighted by molar-refractivity contribution is 0.0556. The van der Waals surface area contributed by atoms with Crippen molar-refractivity contribution in [2.24, 2.45) is 0 Å². The average molecular weight is 253 g/mol. The number of ether oxygens (including phenoxy) is 1. The number of carbonyl (C=O) groups excluding carboxylic acids is 1. The third kappa shape index (κ3) is 2.14. The van der Waals surface area contributed by atoms with Gasteiger partial charge in [-0.2, -0.15) is 0 Å². The monoisotopic (exact) mass is 252 g/mol. The lowest BCUT2D eigenvalue weighted by Crippen LogP contribution is -2.00. The largest absolute Gasteiger partial charge is 0.462 e. The molecule has 0 saturated heterocycles. The molecular formula is C11H9ClN2O3. The van der Waals surface area contributed by atoms with E-state index in [1.165, 1.54) is 7.11 Å². The number of halogens is 1. The van der Waals surface area contributed by atoms with Gasteiger partial charge in [-0.3, -0.25) is 0 Å². The second-order valence-corrected chi connectivity index (χ2v) is 3.72. The van der Waals surface area contributed by atoms with Crippen molar-refractivity contribution in [3.63, 3.8) is 0 Å². The fourth-order valence-corrected chi connectivity index (χ4v) is 1.52. The van der Waals surface area contributed by atoms with Crippen LogP contribution in [0, 0.1) is 6.92 Å². The van der Waals surface area contributed by atoms with Gasteiger partial charge in [-0.25, -0.2) is 4.79 Å². The van der Waals surface area contributed by atoms with Gasteiger partial charge >= 0.3 is 11.9 Å². The molecule has 1 aromatic heterocycles. The molecule has 2 rings (SSSR count). The van der Waals surface area contributed by atoms with E-state index in [1.807, 2.05) is 19.1 Å². The number of carbonyl (C=O) groups is 1. The summed E-state index contributed by atoms with van der Waals surface area (Å²) < 4.78 is 9.65. The molecule has 1 aromatic carbocycles. The van der Waals surface area contributed by atoms with Gasteiger partial charge in [0.15, 0.2) is 0 Å². The Hall–Kier alpha value is -1.88. The number of hydrogen-bond donors (Lipinski definition) is 0. The van der Waals surface area contributed by atoms with Gasteiger partial charge < -0.3 is 9.15 Å². The van der Waals surface area contributed by atoms with E-state index >= 15 is 0 Å². The quantitative estimate of drug-likeness (QED) is 0.768. The first-order valence-corrected chi connectivity index (χ1v) is 5.18. The molecule has 0 amide bonds. The van der Waals surface area contributed by atoms with E-state index in [2.05, 4.69) is 14.9 Å². The normalized spacial score (nSPS) is 10.3. The number of benzene rings is 1. The molecule has 17 heavy (non-hydrogen) atoms. The Morgan fingerprint density at radius 2 is 2.18 bits per heavy atom. The van der Waals surface area contributed by atoms with Crippen LogP contribution in [-0.2, 0) is 4.74 Å². The maximum absolute atomic E-state index is 11.2. The maximum atomic E-state index is 11.2. The van der Waals surface area contributed by atoms with Gasteiger partial charge in [0.1, 0.15) is 0 Å². The van der Waals surface area contributed by atoms with Crippen LogP contribution in [0.2, 0.25) is 5.02 Å². The van der Waals surface area contributed by atoms with Crippen molar-refractivity contribution in [3.05, 3.63) is 34.7 Å². The van der Waals surface area contributed by atoms with Crippen molar-refractivity contribution in [1.29, 1.82) is 0 Å². The zero-order chi connectivity index (χ0) is 12.4. The van der Waals surface area contributed by atoms with Crippen LogP contribution < -0.4 is 0 Å². The van der Waals surface area contributed by atoms with Crippen LogP contribution in [0.25, 0.3) is 11.5 Å². The number of aryl methyl sites for hydroxylation is 1. The van der Waals surface area contributed by atoms with Crippen LogP contribution in [0.3, 0.4) is 0 Å². The van der Waals surface area contributed by atoms with Crippen LogP contribution in [0.4, 0.5) is 0 Å². The number of rotatable bonds is 2. The zero-order valence-electron chi connectivity index (χ0n) is 9.23. The Bertz CT molecular complexity index is 566. The van der Waals surface area contributed by atoms with E-state index in [4.69, 9.17) is 16.0 Å². The predicted molar refractivity (Wildman–Crippen MR) is 60.8 cm³/mol. The average Bonchev–Trinajstić information content (AvgIpc) is 2.81. The predicted octanol–water partition coefficient (Wildman–Crippen LogP) is 2.49. The molecule has 6 heteroatoms. The highest BCUT2D eigenvalue weighted by atomic mass is 35.5. The smallest absolute Gasteiger partial charge is 0.396 e. The molecule has 0 N–H and O–H groups in total. The third-order valence-corrected chi connectivity index (χ3v) is 2.71. The SMILES string of the molecule is COC(=O)c1nnc(-c2cccc(C)c2Cl)o1. The fraction of sp³-hybridized carbons (Fsp3) is 0.182. The van der Waals surface area contributed by atoms with Crippen LogP contribution in [-0.4, -0.2) is 23.3 Å². The molecule has 88 valence electrons. The van der Waals surface area contributed by atoms with Crippen LogP contribution in [0.1, 0.15) is 16.2 Å². The van der Waals surface area contributed by atoms with Gasteiger partial charge in [0, 0.05) is 0 Å². The summed E-state index contributed by atoms with van der Waals surface area (Å²) in [4.78, 5) is 11.2. The Morgan fingerprint density at radius 3 is 2.88 bits per heavy atom. The van der Waals surface area contributed by atoms with Crippen molar-refractivity contribution < 1.29 is 13.9 Å². The highest BCUT2D eigenvalue weighted by molar-refractivity contribution is 6.33. The number of hydrogen-bond acceptors (Lipinski definition) is 5. The molecule has 0 atom stereocenters. The van der Waals surface area contributed by atoms with E-state index in [9.17, 15) is 4.79 Å². The summed E-state index contributed by atoms with van der Waals surface area (Å²) in [6.07, 6.45) is 0. The second kappa shape index (κ2) is 4.55. The Kier molecular flexibility index (Phi) is 3.10. The van der Waals surface area contributed by atoms with Crippen molar-refractivity contribution in [2.45, 2.75) is 6.92 Å². The van der Waals surface area contributed by atoms with Crippen molar-refractivity contribution in [1.82, 2.24) is 10.2 Å². The third-order valence-electron chi connectivity index (χ3n) is 2.21. The minimum atomic E-state index is -0.674. The van der Waals surface area contributed by atoms with E-state index in [0.717, 1.165) is 5.56 Å². The van der Waals surface area contributed by atoms with Gasteiger partial charge in [-0.05, 0) is 18.6 Å². The number of methoxy groups -OCH3 is 1. The number of nitrogens with zero attached hydrogens (tertiary/aromatic N) is 2. The van der Waals surface area contributed by atoms with Gasteiger partial charge in [0.2, 0.25) is 5.89 Å². The van der Waals surface area contributed by atoms with Crippen LogP contribution in [0.5, 0.6) is 0 Å². The van der Waals surface area contributed by atoms with Crippen molar-refractivity contribution in [3.8, 4) is 11.5 Å². The van der Waals surface area contributed by atoms with E-state index in [-0.39, 0.29) is 11.8 Å². The second-order valence-electron chi connectivity index (χ2n) is 3.34. The van der Waals surface area contributed by atoms with Gasteiger partial charge in [-0.1, -0.05) is 23.7 Å². The zero-order valence-corrected chi connectivity index (χ0v) is 9.99. The molecule has 0 fully saturated rings. The highest BCUT2D eigenvalue weighted by Crippen LogP contribution is 2.29. The first-order valence-electron chi connectivity index (χ1n) is 4.80. The van der Waals surface area contributed by atoms with Gasteiger partial charge in [0.25, 0.3) is 0 Å². The van der Waals surface area contributed by atoms with Crippen molar-refractivity contribution >= 4 is 17.6 Å². The molecule has 0 radical (unpaired) electrons. The number of esters is 1. The topological polar surface area (TPSA) is 65.2 Å². The summed E-state index contributed by atoms with van der Waals surface area (Å²) in [6, 6.07) is 5.42. The molecule has 0 aliphatic heterocycles. The van der Waals surface area contributed by atoms with Gasteiger partial charge in [-0.15, -0.1) is 10.2 Å². The molecule has 0 aliphatic rings. The van der Waals surface area contributed by atoms with E-state index in [0.29, 0.717) is 10.6 Å². The summed E-state index contributed by atoms with van der Waals surface area (Å²) >= 11 is 6.11. The lowest BCUT2D eigenvalue weighted by atomic mass is 10.1. The molecule has 0 unspecified atom stereocenters. The Labute approximate surface area is 102 Å². The Balaban J connectivity index is 2.44. The molecule has 2 aromatic rings. The van der Waals surface area contributed by atoms with E-state index in [1.54, 1.807) is 6.07 Å². The van der Waals surface area contributed by atoms with Crippen molar-refractivity contribution in [2.75, 3.05) is 7.11 Å². The molecule has 0 bridgehead atoms. The van der Waals surface area contributed by atoms with Crippen LogP contribution >= 0.6 is 11.6 Å². The lowest BCUT2D eigenvalue weighted by Gasteiger charge is -2.01. The Morgan fingerprint density at radius 1 is 1.41 bits per heavy atom. The standard InChI is InChI=1S/C11H9ClN2O3/c1-6-4-3-5-7(8(6)12)9-13-14-10(17-9)11(15)16-2/h3-5H,1-2H3. The summed E-state index contributed by atoms with van der Waals surface area (Å²) in [5.41, 5.74) is 1.48. The van der Waals surface area contributed by atoms with E-state index < -0.39 is 5.97 Å². The van der Waals surface area contributed by atoms with Crippen LogP contribution in [0.15, 0.2) is 22.6 Å². The number of aromatic nitrogens is 2. The fourth-order valence-electron chi connectivity index (χ4n) is 1.31.